The number of pyridine rings is 1. The molecule has 0 bridgehead atoms. The molecule has 0 spiro atoms. The molecular weight excluding hydrogens is 354 g/mol. The van der Waals surface area contributed by atoms with Gasteiger partial charge in [-0.25, -0.2) is 4.98 Å². The molecule has 6 nitrogen and oxygen atoms in total. The zero-order valence-electron chi connectivity index (χ0n) is 16.1. The molecular formula is C22H25N3O3. The lowest BCUT2D eigenvalue weighted by atomic mass is 9.92. The zero-order chi connectivity index (χ0) is 19.3. The average molecular weight is 379 g/mol. The van der Waals surface area contributed by atoms with Gasteiger partial charge in [-0.05, 0) is 36.2 Å². The molecule has 1 N–H and O–H groups in total. The Bertz CT molecular complexity index is 967. The number of amides is 1. The number of hydrogen-bond acceptors (Lipinski definition) is 4. The van der Waals surface area contributed by atoms with E-state index in [2.05, 4.69) is 17.2 Å². The lowest BCUT2D eigenvalue weighted by Gasteiger charge is -2.18. The van der Waals surface area contributed by atoms with Crippen LogP contribution < -0.4 is 14.8 Å². The Balaban J connectivity index is 1.62. The third-order valence-electron chi connectivity index (χ3n) is 5.09. The van der Waals surface area contributed by atoms with Crippen LogP contribution in [0.3, 0.4) is 0 Å². The number of carbonyl (C=O) groups is 1. The van der Waals surface area contributed by atoms with Gasteiger partial charge in [0.15, 0.2) is 11.5 Å². The van der Waals surface area contributed by atoms with Gasteiger partial charge in [-0.15, -0.1) is 0 Å². The standard InChI is InChI=1S/C22H25N3O3/c1-2-3-5-10-23-22(26)13-17(16-8-9-19-20(12-16)28-15-27-19)18-14-24-21-7-4-6-11-25(18)21/h4,6-9,11-12,14,17H,2-3,5,10,13,15H2,1H3,(H,23,26). The van der Waals surface area contributed by atoms with Crippen LogP contribution in [0.15, 0.2) is 48.8 Å². The maximum atomic E-state index is 12.7. The third-order valence-corrected chi connectivity index (χ3v) is 5.09. The second-order valence-electron chi connectivity index (χ2n) is 7.04. The molecule has 146 valence electrons. The van der Waals surface area contributed by atoms with E-state index >= 15 is 0 Å². The second kappa shape index (κ2) is 8.33. The molecule has 0 saturated heterocycles. The summed E-state index contributed by atoms with van der Waals surface area (Å²) in [7, 11) is 0. The van der Waals surface area contributed by atoms with E-state index in [9.17, 15) is 4.79 Å². The van der Waals surface area contributed by atoms with Crippen LogP contribution in [0.4, 0.5) is 0 Å². The molecule has 1 unspecified atom stereocenters. The summed E-state index contributed by atoms with van der Waals surface area (Å²) in [6, 6.07) is 11.8. The first-order valence-electron chi connectivity index (χ1n) is 9.84. The van der Waals surface area contributed by atoms with Gasteiger partial charge < -0.3 is 19.2 Å². The van der Waals surface area contributed by atoms with E-state index in [4.69, 9.17) is 9.47 Å². The van der Waals surface area contributed by atoms with Crippen molar-refractivity contribution >= 4 is 11.6 Å². The minimum atomic E-state index is -0.127. The van der Waals surface area contributed by atoms with Crippen molar-refractivity contribution in [3.8, 4) is 11.5 Å². The van der Waals surface area contributed by atoms with Crippen molar-refractivity contribution in [3.63, 3.8) is 0 Å². The number of unbranched alkanes of at least 4 members (excludes halogenated alkanes) is 2. The van der Waals surface area contributed by atoms with Crippen LogP contribution in [0.2, 0.25) is 0 Å². The van der Waals surface area contributed by atoms with Crippen molar-refractivity contribution in [2.75, 3.05) is 13.3 Å². The number of aromatic nitrogens is 2. The van der Waals surface area contributed by atoms with Gasteiger partial charge in [-0.3, -0.25) is 4.79 Å². The van der Waals surface area contributed by atoms with Crippen LogP contribution in [-0.2, 0) is 4.79 Å². The number of nitrogens with one attached hydrogen (secondary N) is 1. The van der Waals surface area contributed by atoms with Crippen LogP contribution in [0, 0.1) is 0 Å². The lowest BCUT2D eigenvalue weighted by molar-refractivity contribution is -0.121. The van der Waals surface area contributed by atoms with Gasteiger partial charge in [0.2, 0.25) is 12.7 Å². The van der Waals surface area contributed by atoms with Crippen molar-refractivity contribution in [3.05, 3.63) is 60.0 Å². The molecule has 2 aromatic heterocycles. The van der Waals surface area contributed by atoms with Gasteiger partial charge >= 0.3 is 0 Å². The van der Waals surface area contributed by atoms with Gasteiger partial charge in [0.25, 0.3) is 0 Å². The van der Waals surface area contributed by atoms with Gasteiger partial charge in [0.1, 0.15) is 5.65 Å². The van der Waals surface area contributed by atoms with Gasteiger partial charge in [0.05, 0.1) is 5.69 Å². The summed E-state index contributed by atoms with van der Waals surface area (Å²) < 4.78 is 13.0. The first-order valence-corrected chi connectivity index (χ1v) is 9.84. The number of carbonyl (C=O) groups excluding carboxylic acids is 1. The molecule has 3 heterocycles. The molecule has 4 rings (SSSR count). The van der Waals surface area contributed by atoms with E-state index < -0.39 is 0 Å². The van der Waals surface area contributed by atoms with Crippen molar-refractivity contribution in [1.82, 2.24) is 14.7 Å². The summed E-state index contributed by atoms with van der Waals surface area (Å²) in [5.41, 5.74) is 2.86. The highest BCUT2D eigenvalue weighted by Crippen LogP contribution is 2.37. The predicted octanol–water partition coefficient (Wildman–Crippen LogP) is 3.89. The minimum Gasteiger partial charge on any atom is -0.454 e. The zero-order valence-corrected chi connectivity index (χ0v) is 16.1. The van der Waals surface area contributed by atoms with Crippen molar-refractivity contribution < 1.29 is 14.3 Å². The summed E-state index contributed by atoms with van der Waals surface area (Å²) in [5.74, 6) is 1.38. The van der Waals surface area contributed by atoms with Crippen LogP contribution in [0.1, 0.15) is 49.8 Å². The number of fused-ring (bicyclic) bond motifs is 2. The Morgan fingerprint density at radius 1 is 1.21 bits per heavy atom. The Labute approximate surface area is 164 Å². The summed E-state index contributed by atoms with van der Waals surface area (Å²) in [6.45, 7) is 3.10. The van der Waals surface area contributed by atoms with Gasteiger partial charge in [-0.2, -0.15) is 0 Å². The van der Waals surface area contributed by atoms with E-state index in [-0.39, 0.29) is 18.6 Å². The van der Waals surface area contributed by atoms with E-state index in [1.165, 1.54) is 0 Å². The number of hydrogen-bond donors (Lipinski definition) is 1. The summed E-state index contributed by atoms with van der Waals surface area (Å²) in [6.07, 6.45) is 7.46. The van der Waals surface area contributed by atoms with E-state index in [0.717, 1.165) is 47.7 Å². The Hall–Kier alpha value is -3.02. The molecule has 0 radical (unpaired) electrons. The smallest absolute Gasteiger partial charge is 0.231 e. The number of imidazole rings is 1. The largest absolute Gasteiger partial charge is 0.454 e. The van der Waals surface area contributed by atoms with Crippen LogP contribution >= 0.6 is 0 Å². The van der Waals surface area contributed by atoms with Crippen LogP contribution in [-0.4, -0.2) is 28.6 Å². The Morgan fingerprint density at radius 3 is 3.00 bits per heavy atom. The summed E-state index contributed by atoms with van der Waals surface area (Å²) in [5, 5.41) is 3.06. The average Bonchev–Trinajstić information content (AvgIpc) is 3.36. The van der Waals surface area contributed by atoms with E-state index in [1.807, 2.05) is 53.2 Å². The molecule has 0 fully saturated rings. The highest BCUT2D eigenvalue weighted by Gasteiger charge is 2.24. The van der Waals surface area contributed by atoms with Gasteiger partial charge in [-0.1, -0.05) is 31.9 Å². The SMILES string of the molecule is CCCCCNC(=O)CC(c1ccc2c(c1)OCO2)c1cnc2ccccn12. The normalized spacial score (nSPS) is 13.6. The maximum Gasteiger partial charge on any atom is 0.231 e. The molecule has 1 atom stereocenters. The van der Waals surface area contributed by atoms with E-state index in [1.54, 1.807) is 0 Å². The number of ether oxygens (including phenoxy) is 2. The topological polar surface area (TPSA) is 64.9 Å². The fourth-order valence-electron chi connectivity index (χ4n) is 3.59. The first-order chi connectivity index (χ1) is 13.8. The molecule has 1 aliphatic rings. The fourth-order valence-corrected chi connectivity index (χ4v) is 3.59. The number of nitrogens with zero attached hydrogens (tertiary/aromatic N) is 2. The molecule has 28 heavy (non-hydrogen) atoms. The van der Waals surface area contributed by atoms with Gasteiger partial charge in [0, 0.05) is 31.3 Å². The minimum absolute atomic E-state index is 0.0460. The van der Waals surface area contributed by atoms with Crippen LogP contribution in [0.25, 0.3) is 5.65 Å². The Kier molecular flexibility index (Phi) is 5.46. The predicted molar refractivity (Wildman–Crippen MR) is 107 cm³/mol. The fraction of sp³-hybridized carbons (Fsp3) is 0.364. The summed E-state index contributed by atoms with van der Waals surface area (Å²) in [4.78, 5) is 17.2. The molecule has 0 aliphatic carbocycles. The van der Waals surface area contributed by atoms with Crippen LogP contribution in [0.5, 0.6) is 11.5 Å². The molecule has 3 aromatic rings. The molecule has 1 aliphatic heterocycles. The third kappa shape index (κ3) is 3.81. The quantitative estimate of drug-likeness (QED) is 0.603. The molecule has 0 saturated carbocycles. The van der Waals surface area contributed by atoms with Crippen molar-refractivity contribution in [1.29, 1.82) is 0 Å². The maximum absolute atomic E-state index is 12.7. The highest BCUT2D eigenvalue weighted by molar-refractivity contribution is 5.77. The summed E-state index contributed by atoms with van der Waals surface area (Å²) >= 11 is 0. The molecule has 1 amide bonds. The number of rotatable bonds is 8. The Morgan fingerprint density at radius 2 is 2.11 bits per heavy atom. The van der Waals surface area contributed by atoms with Crippen molar-refractivity contribution in [2.45, 2.75) is 38.5 Å². The monoisotopic (exact) mass is 379 g/mol. The second-order valence-corrected chi connectivity index (χ2v) is 7.04. The lowest BCUT2D eigenvalue weighted by Crippen LogP contribution is -2.26. The number of benzene rings is 1. The van der Waals surface area contributed by atoms with Crippen molar-refractivity contribution in [2.24, 2.45) is 0 Å². The molecule has 1 aromatic carbocycles. The van der Waals surface area contributed by atoms with E-state index in [0.29, 0.717) is 13.0 Å². The molecule has 6 heteroatoms. The highest BCUT2D eigenvalue weighted by atomic mass is 16.7. The first kappa shape index (κ1) is 18.3.